The van der Waals surface area contributed by atoms with Gasteiger partial charge in [0.2, 0.25) is 0 Å². The lowest BCUT2D eigenvalue weighted by Crippen LogP contribution is -3.17. The van der Waals surface area contributed by atoms with Crippen molar-refractivity contribution in [3.63, 3.8) is 0 Å². The normalized spacial score (nSPS) is 11.8. The molecule has 0 aliphatic carbocycles. The lowest BCUT2D eigenvalue weighted by Gasteiger charge is -2.25. The monoisotopic (exact) mass is 598 g/mol. The zero-order valence-electron chi connectivity index (χ0n) is 24.0. The number of carbonyl (C=O) groups excluding carboxylic acids is 2. The topological polar surface area (TPSA) is 177 Å². The molecule has 0 bridgehead atoms. The van der Waals surface area contributed by atoms with Crippen LogP contribution in [-0.4, -0.2) is 69.5 Å². The molecule has 40 heavy (non-hydrogen) atoms. The fourth-order valence-electron chi connectivity index (χ4n) is 4.36. The molecular formula is C27H40N3O8S2-. The predicted molar refractivity (Wildman–Crippen MR) is 149 cm³/mol. The highest BCUT2D eigenvalue weighted by Crippen LogP contribution is 2.25. The smallest absolute Gasteiger partial charge is 0.251 e. The van der Waals surface area contributed by atoms with Gasteiger partial charge in [-0.1, -0.05) is 12.1 Å². The van der Waals surface area contributed by atoms with Crippen LogP contribution in [0.25, 0.3) is 0 Å². The number of amides is 2. The quantitative estimate of drug-likeness (QED) is 0.324. The highest BCUT2D eigenvalue weighted by atomic mass is 32.2. The molecule has 0 saturated carbocycles. The molecule has 0 aromatic heterocycles. The Hall–Kier alpha value is -2.84. The van der Waals surface area contributed by atoms with Crippen molar-refractivity contribution in [2.24, 2.45) is 0 Å². The molecule has 0 fully saturated rings. The first-order chi connectivity index (χ1) is 18.5. The molecule has 0 spiro atoms. The van der Waals surface area contributed by atoms with Crippen LogP contribution in [0.3, 0.4) is 0 Å². The second kappa shape index (κ2) is 15.2. The summed E-state index contributed by atoms with van der Waals surface area (Å²) in [4.78, 5) is 24.2. The van der Waals surface area contributed by atoms with E-state index < -0.39 is 48.3 Å². The minimum absolute atomic E-state index is 0.0664. The first kappa shape index (κ1) is 35.2. The zero-order valence-corrected chi connectivity index (χ0v) is 25.7. The summed E-state index contributed by atoms with van der Waals surface area (Å²) in [5.74, 6) is -1.18. The highest BCUT2D eigenvalue weighted by Gasteiger charge is 2.18. The van der Waals surface area contributed by atoms with Gasteiger partial charge in [0.05, 0.1) is 28.4 Å². The molecule has 0 aliphatic heterocycles. The van der Waals surface area contributed by atoms with Crippen LogP contribution in [0, 0.1) is 0 Å². The summed E-state index contributed by atoms with van der Waals surface area (Å²) in [7, 11) is -10.0. The van der Waals surface area contributed by atoms with E-state index in [4.69, 9.17) is 0 Å². The molecule has 3 N–H and O–H groups in total. The first-order valence-electron chi connectivity index (χ1n) is 13.1. The van der Waals surface area contributed by atoms with Crippen molar-refractivity contribution in [3.8, 4) is 0 Å². The van der Waals surface area contributed by atoms with E-state index in [1.54, 1.807) is 18.7 Å². The number of hydrogen-bond acceptors (Lipinski definition) is 8. The predicted octanol–water partition coefficient (Wildman–Crippen LogP) is 1.29. The molecule has 2 aromatic rings. The van der Waals surface area contributed by atoms with Gasteiger partial charge in [0.25, 0.3) is 11.8 Å². The minimum Gasteiger partial charge on any atom is -0.744 e. The van der Waals surface area contributed by atoms with Crippen molar-refractivity contribution < 1.29 is 40.4 Å². The second-order valence-corrected chi connectivity index (χ2v) is 12.4. The summed E-state index contributed by atoms with van der Waals surface area (Å²) in [6, 6.07) is 8.31. The molecule has 11 nitrogen and oxygen atoms in total. The molecule has 0 saturated heterocycles. The van der Waals surface area contributed by atoms with E-state index in [1.165, 1.54) is 30.8 Å². The minimum atomic E-state index is -5.02. The number of quaternary nitrogens is 1. The summed E-state index contributed by atoms with van der Waals surface area (Å²) in [5.41, 5.74) is -0.330. The molecule has 0 atom stereocenters. The summed E-state index contributed by atoms with van der Waals surface area (Å²) in [5, 5.41) is 4.94. The Morgan fingerprint density at radius 3 is 1.30 bits per heavy atom. The van der Waals surface area contributed by atoms with Crippen molar-refractivity contribution in [2.45, 2.75) is 76.8 Å². The summed E-state index contributed by atoms with van der Waals surface area (Å²) >= 11 is 0. The fraction of sp³-hybridized carbons (Fsp3) is 0.481. The third-order valence-electron chi connectivity index (χ3n) is 6.14. The Kier molecular flexibility index (Phi) is 13.4. The maximum absolute atomic E-state index is 12.0. The molecular weight excluding hydrogens is 558 g/mol. The van der Waals surface area contributed by atoms with Gasteiger partial charge in [0.15, 0.2) is 0 Å². The maximum Gasteiger partial charge on any atom is 0.251 e. The van der Waals surface area contributed by atoms with E-state index in [2.05, 4.69) is 45.3 Å². The maximum atomic E-state index is 12.0. The molecule has 2 amide bonds. The number of benzene rings is 2. The van der Waals surface area contributed by atoms with Crippen molar-refractivity contribution >= 4 is 32.1 Å². The standard InChI is InChI=1S/C19H22N2O8S2.C8H19N/c1-3-20-18(22)14-7-5-12(16(10-14)30(24,25)26)9-13-6-8-15(19(23)21-4-2)11-17(13)31(27,28)29;1-6-9(7(2)3)8(4)5/h5-8,10-11H,3-4,9H2,1-2H3,(H,20,22)(H,21,23)(H,24,25,26)(H,27,28,29);7-8H,6H2,1-5H3/p-1. The molecule has 0 heterocycles. The Morgan fingerprint density at radius 1 is 0.725 bits per heavy atom. The molecule has 0 aliphatic rings. The third-order valence-corrected chi connectivity index (χ3v) is 7.98. The lowest BCUT2D eigenvalue weighted by atomic mass is 10.0. The third kappa shape index (κ3) is 10.3. The van der Waals surface area contributed by atoms with E-state index in [-0.39, 0.29) is 35.3 Å². The number of hydrogen-bond donors (Lipinski definition) is 3. The van der Waals surface area contributed by atoms with Gasteiger partial charge in [0, 0.05) is 24.2 Å². The molecule has 224 valence electrons. The van der Waals surface area contributed by atoms with Crippen LogP contribution in [0.1, 0.15) is 80.3 Å². The number of nitrogens with one attached hydrogen (secondary N) is 3. The first-order valence-corrected chi connectivity index (χ1v) is 15.9. The van der Waals surface area contributed by atoms with Crippen LogP contribution >= 0.6 is 0 Å². The van der Waals surface area contributed by atoms with Crippen LogP contribution in [0.2, 0.25) is 0 Å². The van der Waals surface area contributed by atoms with Crippen LogP contribution in [-0.2, 0) is 26.7 Å². The average molecular weight is 599 g/mol. The fourth-order valence-corrected chi connectivity index (χ4v) is 5.83. The van der Waals surface area contributed by atoms with E-state index in [1.807, 2.05) is 0 Å². The van der Waals surface area contributed by atoms with Gasteiger partial charge in [-0.15, -0.1) is 0 Å². The van der Waals surface area contributed by atoms with Crippen LogP contribution in [0.5, 0.6) is 0 Å². The molecule has 13 heteroatoms. The highest BCUT2D eigenvalue weighted by molar-refractivity contribution is 7.86. The van der Waals surface area contributed by atoms with Gasteiger partial charge in [0.1, 0.15) is 20.2 Å². The largest absolute Gasteiger partial charge is 0.744 e. The zero-order chi connectivity index (χ0) is 30.8. The van der Waals surface area contributed by atoms with Crippen molar-refractivity contribution in [3.05, 3.63) is 58.7 Å². The Morgan fingerprint density at radius 2 is 1.07 bits per heavy atom. The van der Waals surface area contributed by atoms with Gasteiger partial charge in [-0.3, -0.25) is 9.59 Å². The van der Waals surface area contributed by atoms with Crippen molar-refractivity contribution in [2.75, 3.05) is 19.6 Å². The van der Waals surface area contributed by atoms with Gasteiger partial charge in [-0.05, 0) is 90.3 Å². The van der Waals surface area contributed by atoms with E-state index in [0.29, 0.717) is 0 Å². The Balaban J connectivity index is 0.000000763. The van der Waals surface area contributed by atoms with E-state index >= 15 is 0 Å². The van der Waals surface area contributed by atoms with Gasteiger partial charge in [-0.2, -0.15) is 0 Å². The van der Waals surface area contributed by atoms with Gasteiger partial charge in [-0.25, -0.2) is 16.8 Å². The number of carbonyl (C=O) groups is 2. The van der Waals surface area contributed by atoms with Crippen molar-refractivity contribution in [1.82, 2.24) is 10.6 Å². The Bertz CT molecular complexity index is 1280. The lowest BCUT2D eigenvalue weighted by molar-refractivity contribution is -0.940. The summed E-state index contributed by atoms with van der Waals surface area (Å²) < 4.78 is 70.5. The molecule has 0 radical (unpaired) electrons. The Labute approximate surface area is 237 Å². The molecule has 2 aromatic carbocycles. The van der Waals surface area contributed by atoms with Crippen molar-refractivity contribution in [1.29, 1.82) is 0 Å². The summed E-state index contributed by atoms with van der Waals surface area (Å²) in [6.07, 6.45) is -0.404. The van der Waals surface area contributed by atoms with Crippen LogP contribution < -0.4 is 15.5 Å². The number of rotatable bonds is 11. The van der Waals surface area contributed by atoms with E-state index in [9.17, 15) is 35.5 Å². The van der Waals surface area contributed by atoms with E-state index in [0.717, 1.165) is 24.2 Å². The van der Waals surface area contributed by atoms with Gasteiger partial charge >= 0.3 is 0 Å². The molecule has 0 unspecified atom stereocenters. The summed E-state index contributed by atoms with van der Waals surface area (Å²) in [6.45, 7) is 16.5. The van der Waals surface area contributed by atoms with Gasteiger partial charge < -0.3 is 24.6 Å². The SMILES string of the molecule is CCNC(=O)c1ccc(Cc2ccc(C(=O)NCC)cc2S(=O)(=O)[O-])c(S(=O)(=O)[O-])c1.CC[NH+](C(C)C)C(C)C. The van der Waals surface area contributed by atoms with Crippen LogP contribution in [0.4, 0.5) is 0 Å². The average Bonchev–Trinajstić information content (AvgIpc) is 2.83. The molecule has 2 rings (SSSR count). The second-order valence-electron chi connectivity index (χ2n) is 9.69. The van der Waals surface area contributed by atoms with Crippen LogP contribution in [0.15, 0.2) is 46.2 Å².